The van der Waals surface area contributed by atoms with Gasteiger partial charge in [-0.2, -0.15) is 5.10 Å². The van der Waals surface area contributed by atoms with E-state index in [-0.39, 0.29) is 5.91 Å². The lowest BCUT2D eigenvalue weighted by Gasteiger charge is -2.05. The van der Waals surface area contributed by atoms with Crippen LogP contribution >= 0.6 is 0 Å². The molecule has 1 heterocycles. The van der Waals surface area contributed by atoms with E-state index in [2.05, 4.69) is 15.5 Å². The number of carbonyl (C=O) groups is 2. The van der Waals surface area contributed by atoms with Crippen LogP contribution in [0.2, 0.25) is 0 Å². The van der Waals surface area contributed by atoms with Gasteiger partial charge in [0.05, 0.1) is 17.3 Å². The van der Waals surface area contributed by atoms with E-state index >= 15 is 0 Å². The van der Waals surface area contributed by atoms with E-state index in [0.29, 0.717) is 22.4 Å². The molecule has 26 heavy (non-hydrogen) atoms. The number of aromatic nitrogens is 1. The Morgan fingerprint density at radius 1 is 0.962 bits per heavy atom. The van der Waals surface area contributed by atoms with Crippen LogP contribution in [0.5, 0.6) is 5.75 Å². The molecule has 0 spiro atoms. The van der Waals surface area contributed by atoms with Gasteiger partial charge in [0, 0.05) is 12.4 Å². The maximum absolute atomic E-state index is 12.1. The Hall–Kier alpha value is -3.80. The molecule has 3 rings (SSSR count). The molecule has 0 atom stereocenters. The third-order valence-electron chi connectivity index (χ3n) is 3.38. The number of amides is 1. The molecule has 0 aliphatic rings. The molecule has 0 fully saturated rings. The Kier molecular flexibility index (Phi) is 5.47. The van der Waals surface area contributed by atoms with Gasteiger partial charge in [-0.3, -0.25) is 9.78 Å². The van der Waals surface area contributed by atoms with E-state index in [1.807, 2.05) is 6.07 Å². The number of esters is 1. The Morgan fingerprint density at radius 2 is 1.77 bits per heavy atom. The molecular formula is C20H15N3O3. The van der Waals surface area contributed by atoms with Crippen molar-refractivity contribution in [1.82, 2.24) is 10.4 Å². The fraction of sp³-hybridized carbons (Fsp3) is 0. The lowest BCUT2D eigenvalue weighted by atomic mass is 10.2. The molecule has 1 N–H and O–H groups in total. The number of carbonyl (C=O) groups excluding carboxylic acids is 2. The summed E-state index contributed by atoms with van der Waals surface area (Å²) in [7, 11) is 0. The molecular weight excluding hydrogens is 330 g/mol. The molecule has 6 nitrogen and oxygen atoms in total. The number of nitrogens with one attached hydrogen (secondary N) is 1. The summed E-state index contributed by atoms with van der Waals surface area (Å²) in [6, 6.07) is 18.9. The minimum absolute atomic E-state index is 0.360. The summed E-state index contributed by atoms with van der Waals surface area (Å²) in [5.74, 6) is -0.410. The first-order chi connectivity index (χ1) is 12.7. The van der Waals surface area contributed by atoms with Gasteiger partial charge in [-0.05, 0) is 42.0 Å². The average Bonchev–Trinajstić information content (AvgIpc) is 2.69. The van der Waals surface area contributed by atoms with Crippen LogP contribution in [0.25, 0.3) is 0 Å². The number of ether oxygens (including phenoxy) is 1. The largest absolute Gasteiger partial charge is 0.423 e. The minimum Gasteiger partial charge on any atom is -0.423 e. The van der Waals surface area contributed by atoms with Gasteiger partial charge < -0.3 is 4.74 Å². The summed E-state index contributed by atoms with van der Waals surface area (Å²) in [5, 5.41) is 3.90. The summed E-state index contributed by atoms with van der Waals surface area (Å²) in [6.07, 6.45) is 4.50. The molecule has 0 saturated heterocycles. The number of nitrogens with zero attached hydrogens (tertiary/aromatic N) is 2. The van der Waals surface area contributed by atoms with Gasteiger partial charge in [0.15, 0.2) is 0 Å². The van der Waals surface area contributed by atoms with Crippen LogP contribution in [0.4, 0.5) is 0 Å². The highest BCUT2D eigenvalue weighted by Gasteiger charge is 2.08. The molecule has 0 bridgehead atoms. The quantitative estimate of drug-likeness (QED) is 0.333. The smallest absolute Gasteiger partial charge is 0.343 e. The molecule has 0 saturated carbocycles. The van der Waals surface area contributed by atoms with Crippen LogP contribution < -0.4 is 10.2 Å². The second-order valence-corrected chi connectivity index (χ2v) is 5.27. The Morgan fingerprint density at radius 3 is 2.54 bits per heavy atom. The van der Waals surface area contributed by atoms with Gasteiger partial charge in [-0.15, -0.1) is 0 Å². The molecule has 6 heteroatoms. The maximum atomic E-state index is 12.1. The lowest BCUT2D eigenvalue weighted by molar-refractivity contribution is 0.0734. The number of hydrogen-bond donors (Lipinski definition) is 1. The van der Waals surface area contributed by atoms with Crippen molar-refractivity contribution in [2.24, 2.45) is 5.10 Å². The highest BCUT2D eigenvalue weighted by molar-refractivity contribution is 5.94. The van der Waals surface area contributed by atoms with Crippen LogP contribution in [-0.2, 0) is 0 Å². The van der Waals surface area contributed by atoms with Crippen LogP contribution in [0, 0.1) is 0 Å². The van der Waals surface area contributed by atoms with Crippen LogP contribution in [-0.4, -0.2) is 23.1 Å². The van der Waals surface area contributed by atoms with Crippen LogP contribution in [0.1, 0.15) is 26.3 Å². The van der Waals surface area contributed by atoms with Gasteiger partial charge in [0.2, 0.25) is 0 Å². The molecule has 0 aliphatic heterocycles. The van der Waals surface area contributed by atoms with E-state index in [4.69, 9.17) is 4.74 Å². The third kappa shape index (κ3) is 4.61. The average molecular weight is 345 g/mol. The van der Waals surface area contributed by atoms with Gasteiger partial charge >= 0.3 is 5.97 Å². The number of pyridine rings is 1. The monoisotopic (exact) mass is 345 g/mol. The van der Waals surface area contributed by atoms with Crippen molar-refractivity contribution in [2.75, 3.05) is 0 Å². The molecule has 1 amide bonds. The predicted molar refractivity (Wildman–Crippen MR) is 97.1 cm³/mol. The second kappa shape index (κ2) is 8.34. The number of hydrogen-bond acceptors (Lipinski definition) is 5. The van der Waals surface area contributed by atoms with Gasteiger partial charge in [0.1, 0.15) is 5.75 Å². The fourth-order valence-corrected chi connectivity index (χ4v) is 2.13. The zero-order valence-corrected chi connectivity index (χ0v) is 13.7. The first-order valence-corrected chi connectivity index (χ1v) is 7.83. The topological polar surface area (TPSA) is 80.6 Å². The zero-order valence-electron chi connectivity index (χ0n) is 13.7. The molecule has 1 aromatic heterocycles. The first-order valence-electron chi connectivity index (χ1n) is 7.83. The van der Waals surface area contributed by atoms with E-state index in [0.717, 1.165) is 0 Å². The van der Waals surface area contributed by atoms with Crippen molar-refractivity contribution in [3.05, 3.63) is 95.8 Å². The van der Waals surface area contributed by atoms with Crippen molar-refractivity contribution in [3.8, 4) is 5.75 Å². The maximum Gasteiger partial charge on any atom is 0.343 e. The van der Waals surface area contributed by atoms with Gasteiger partial charge in [-0.25, -0.2) is 10.2 Å². The zero-order chi connectivity index (χ0) is 18.2. The summed E-state index contributed by atoms with van der Waals surface area (Å²) >= 11 is 0. The van der Waals surface area contributed by atoms with Gasteiger partial charge in [-0.1, -0.05) is 30.3 Å². The second-order valence-electron chi connectivity index (χ2n) is 5.27. The van der Waals surface area contributed by atoms with Crippen molar-refractivity contribution in [2.45, 2.75) is 0 Å². The Bertz CT molecular complexity index is 925. The highest BCUT2D eigenvalue weighted by Crippen LogP contribution is 2.14. The lowest BCUT2D eigenvalue weighted by Crippen LogP contribution is -2.17. The normalized spacial score (nSPS) is 10.5. The Labute approximate surface area is 150 Å². The number of benzene rings is 2. The summed E-state index contributed by atoms with van der Waals surface area (Å²) in [6.45, 7) is 0. The first kappa shape index (κ1) is 17.0. The Balaban J connectivity index is 1.62. The number of hydrazone groups is 1. The molecule has 0 unspecified atom stereocenters. The van der Waals surface area contributed by atoms with Crippen molar-refractivity contribution >= 4 is 18.1 Å². The minimum atomic E-state index is -0.440. The highest BCUT2D eigenvalue weighted by atomic mass is 16.5. The summed E-state index contributed by atoms with van der Waals surface area (Å²) in [5.41, 5.74) is 3.97. The number of rotatable bonds is 5. The van der Waals surface area contributed by atoms with E-state index in [1.165, 1.54) is 12.4 Å². The molecule has 0 aliphatic carbocycles. The van der Waals surface area contributed by atoms with Crippen molar-refractivity contribution < 1.29 is 14.3 Å². The van der Waals surface area contributed by atoms with Crippen molar-refractivity contribution in [3.63, 3.8) is 0 Å². The molecule has 3 aromatic rings. The third-order valence-corrected chi connectivity index (χ3v) is 3.38. The molecule has 128 valence electrons. The SMILES string of the molecule is O=C(N/N=C/c1cccc(OC(=O)c2ccccc2)c1)c1cccnc1. The van der Waals surface area contributed by atoms with E-state index in [1.54, 1.807) is 66.9 Å². The standard InChI is InChI=1S/C20H15N3O3/c24-19(17-9-5-11-21-14-17)23-22-13-15-6-4-10-18(12-15)26-20(25)16-7-2-1-3-8-16/h1-14H,(H,23,24)/b22-13+. The molecule has 2 aromatic carbocycles. The van der Waals surface area contributed by atoms with E-state index < -0.39 is 5.97 Å². The summed E-state index contributed by atoms with van der Waals surface area (Å²) < 4.78 is 5.34. The van der Waals surface area contributed by atoms with Crippen LogP contribution in [0.3, 0.4) is 0 Å². The fourth-order valence-electron chi connectivity index (χ4n) is 2.13. The predicted octanol–water partition coefficient (Wildman–Crippen LogP) is 3.06. The molecule has 0 radical (unpaired) electrons. The van der Waals surface area contributed by atoms with E-state index in [9.17, 15) is 9.59 Å². The van der Waals surface area contributed by atoms with Gasteiger partial charge in [0.25, 0.3) is 5.91 Å². The van der Waals surface area contributed by atoms with Crippen molar-refractivity contribution in [1.29, 1.82) is 0 Å². The summed E-state index contributed by atoms with van der Waals surface area (Å²) in [4.78, 5) is 27.8. The van der Waals surface area contributed by atoms with Crippen LogP contribution in [0.15, 0.2) is 84.2 Å².